The summed E-state index contributed by atoms with van der Waals surface area (Å²) < 4.78 is 27.8. The average molecular weight is 460 g/mol. The molecule has 0 aliphatic carbocycles. The molecule has 3 aromatic heterocycles. The number of hydrogen-bond acceptors (Lipinski definition) is 7. The zero-order valence-electron chi connectivity index (χ0n) is 18.3. The molecular formula is C24H21FN6O3. The number of pyridine rings is 1. The van der Waals surface area contributed by atoms with Gasteiger partial charge in [0.05, 0.1) is 37.2 Å². The summed E-state index contributed by atoms with van der Waals surface area (Å²) in [6, 6.07) is 10.8. The molecule has 5 heterocycles. The Hall–Kier alpha value is -4.21. The van der Waals surface area contributed by atoms with Crippen LogP contribution in [0.15, 0.2) is 55.0 Å². The van der Waals surface area contributed by atoms with Crippen LogP contribution in [-0.4, -0.2) is 44.7 Å². The van der Waals surface area contributed by atoms with Crippen LogP contribution >= 0.6 is 0 Å². The molecule has 0 saturated carbocycles. The van der Waals surface area contributed by atoms with Crippen molar-refractivity contribution in [3.63, 3.8) is 0 Å². The minimum atomic E-state index is -0.459. The molecule has 0 radical (unpaired) electrons. The van der Waals surface area contributed by atoms with Gasteiger partial charge in [0.2, 0.25) is 5.88 Å². The normalized spacial score (nSPS) is 19.8. The molecule has 0 saturated heterocycles. The first kappa shape index (κ1) is 20.4. The molecule has 6 rings (SSSR count). The van der Waals surface area contributed by atoms with E-state index in [0.717, 1.165) is 11.8 Å². The van der Waals surface area contributed by atoms with Gasteiger partial charge in [0.1, 0.15) is 24.6 Å². The van der Waals surface area contributed by atoms with Crippen molar-refractivity contribution in [2.75, 3.05) is 18.1 Å². The third kappa shape index (κ3) is 3.47. The summed E-state index contributed by atoms with van der Waals surface area (Å²) in [5, 5.41) is 7.19. The number of benzene rings is 1. The molecule has 4 aromatic rings. The molecule has 2 bridgehead atoms. The van der Waals surface area contributed by atoms with Crippen LogP contribution in [0.5, 0.6) is 11.6 Å². The summed E-state index contributed by atoms with van der Waals surface area (Å²) in [4.78, 5) is 24.0. The Morgan fingerprint density at radius 1 is 1.15 bits per heavy atom. The molecule has 9 nitrogen and oxygen atoms in total. The molecule has 10 heteroatoms. The van der Waals surface area contributed by atoms with Gasteiger partial charge in [0.25, 0.3) is 5.91 Å². The lowest BCUT2D eigenvalue weighted by Gasteiger charge is -2.38. The smallest absolute Gasteiger partial charge is 0.257 e. The highest BCUT2D eigenvalue weighted by Gasteiger charge is 2.33. The lowest BCUT2D eigenvalue weighted by molar-refractivity contribution is 0.0927. The van der Waals surface area contributed by atoms with Crippen LogP contribution < -0.4 is 19.7 Å². The van der Waals surface area contributed by atoms with Crippen molar-refractivity contribution in [2.24, 2.45) is 0 Å². The van der Waals surface area contributed by atoms with E-state index in [-0.39, 0.29) is 31.1 Å². The van der Waals surface area contributed by atoms with E-state index in [1.165, 1.54) is 16.8 Å². The molecule has 172 valence electrons. The zero-order chi connectivity index (χ0) is 23.2. The third-order valence-electron chi connectivity index (χ3n) is 6.00. The number of carbonyl (C=O) groups excluding carboxylic acids is 1. The van der Waals surface area contributed by atoms with Gasteiger partial charge >= 0.3 is 0 Å². The third-order valence-corrected chi connectivity index (χ3v) is 6.00. The van der Waals surface area contributed by atoms with Gasteiger partial charge in [0, 0.05) is 5.56 Å². The molecule has 0 fully saturated rings. The van der Waals surface area contributed by atoms with Gasteiger partial charge in [-0.05, 0) is 18.6 Å². The first-order chi connectivity index (χ1) is 16.6. The van der Waals surface area contributed by atoms with Gasteiger partial charge in [-0.25, -0.2) is 18.9 Å². The number of anilines is 1. The SMILES string of the molecule is C[C@@H]1COc2ncc(F)cc2CN2c3nc4c(cnn4cc3OC[C@H]2c2ccccc2)C(=O)N1. The Morgan fingerprint density at radius 2 is 2.00 bits per heavy atom. The number of hydrogen-bond donors (Lipinski definition) is 1. The van der Waals surface area contributed by atoms with Crippen molar-refractivity contribution in [3.8, 4) is 11.6 Å². The molecule has 1 amide bonds. The summed E-state index contributed by atoms with van der Waals surface area (Å²) >= 11 is 0. The Morgan fingerprint density at radius 3 is 2.85 bits per heavy atom. The van der Waals surface area contributed by atoms with Crippen LogP contribution in [0.25, 0.3) is 5.65 Å². The van der Waals surface area contributed by atoms with Crippen molar-refractivity contribution in [1.29, 1.82) is 0 Å². The number of halogens is 1. The summed E-state index contributed by atoms with van der Waals surface area (Å²) in [5.74, 6) is 0.590. The van der Waals surface area contributed by atoms with Gasteiger partial charge in [0.15, 0.2) is 17.2 Å². The van der Waals surface area contributed by atoms with E-state index < -0.39 is 5.82 Å². The predicted molar refractivity (Wildman–Crippen MR) is 120 cm³/mol. The van der Waals surface area contributed by atoms with Crippen molar-refractivity contribution in [2.45, 2.75) is 25.6 Å². The van der Waals surface area contributed by atoms with Crippen LogP contribution in [0.2, 0.25) is 0 Å². The summed E-state index contributed by atoms with van der Waals surface area (Å²) in [6.45, 7) is 2.62. The maximum atomic E-state index is 14.3. The highest BCUT2D eigenvalue weighted by molar-refractivity contribution is 6.00. The van der Waals surface area contributed by atoms with Crippen molar-refractivity contribution < 1.29 is 18.7 Å². The van der Waals surface area contributed by atoms with E-state index in [1.807, 2.05) is 42.2 Å². The first-order valence-electron chi connectivity index (χ1n) is 11.0. The predicted octanol–water partition coefficient (Wildman–Crippen LogP) is 2.91. The van der Waals surface area contributed by atoms with Gasteiger partial charge in [-0.15, -0.1) is 0 Å². The maximum absolute atomic E-state index is 14.3. The molecule has 1 N–H and O–H groups in total. The minimum absolute atomic E-state index is 0.170. The number of carbonyl (C=O) groups is 1. The average Bonchev–Trinajstić information content (AvgIpc) is 3.25. The molecule has 2 atom stereocenters. The second-order valence-electron chi connectivity index (χ2n) is 8.42. The minimum Gasteiger partial charge on any atom is -0.486 e. The summed E-state index contributed by atoms with van der Waals surface area (Å²) in [6.07, 6.45) is 4.33. The van der Waals surface area contributed by atoms with Gasteiger partial charge in [-0.1, -0.05) is 30.3 Å². The monoisotopic (exact) mass is 460 g/mol. The molecule has 1 aromatic carbocycles. The highest BCUT2D eigenvalue weighted by atomic mass is 19.1. The van der Waals surface area contributed by atoms with Crippen LogP contribution in [0, 0.1) is 5.82 Å². The van der Waals surface area contributed by atoms with Gasteiger partial charge in [-0.2, -0.15) is 5.10 Å². The number of nitrogens with one attached hydrogen (secondary N) is 1. The molecule has 0 spiro atoms. The number of amides is 1. The largest absolute Gasteiger partial charge is 0.486 e. The lowest BCUT2D eigenvalue weighted by Crippen LogP contribution is -2.37. The summed E-state index contributed by atoms with van der Waals surface area (Å²) in [5.41, 5.74) is 2.34. The van der Waals surface area contributed by atoms with E-state index in [9.17, 15) is 9.18 Å². The van der Waals surface area contributed by atoms with E-state index in [1.54, 1.807) is 6.20 Å². The maximum Gasteiger partial charge on any atom is 0.257 e. The van der Waals surface area contributed by atoms with Crippen LogP contribution in [0.1, 0.15) is 34.5 Å². The topological polar surface area (TPSA) is 93.9 Å². The van der Waals surface area contributed by atoms with Gasteiger partial charge in [-0.3, -0.25) is 4.79 Å². The molecular weight excluding hydrogens is 439 g/mol. The van der Waals surface area contributed by atoms with E-state index in [0.29, 0.717) is 40.8 Å². The molecule has 0 unspecified atom stereocenters. The number of nitrogens with zero attached hydrogens (tertiary/aromatic N) is 5. The second kappa shape index (κ2) is 7.98. The lowest BCUT2D eigenvalue weighted by atomic mass is 10.0. The van der Waals surface area contributed by atoms with Crippen molar-refractivity contribution in [1.82, 2.24) is 24.9 Å². The zero-order valence-corrected chi connectivity index (χ0v) is 18.3. The van der Waals surface area contributed by atoms with Crippen LogP contribution in [0.3, 0.4) is 0 Å². The Kier molecular flexibility index (Phi) is 4.79. The van der Waals surface area contributed by atoms with Crippen LogP contribution in [-0.2, 0) is 6.54 Å². The first-order valence-corrected chi connectivity index (χ1v) is 11.0. The number of aromatic nitrogens is 4. The second-order valence-corrected chi connectivity index (χ2v) is 8.42. The standard InChI is InChI=1S/C24H21FN6O3/c1-14-12-34-24-16(7-17(25)8-26-24)10-30-19(15-5-3-2-4-6-15)13-33-20-11-31-21(29-22(20)30)18(9-27-31)23(32)28-14/h2-9,11,14,19H,10,12-13H2,1H3,(H,28,32)/t14-,19+/m1/s1. The Bertz CT molecular complexity index is 1390. The van der Waals surface area contributed by atoms with Crippen molar-refractivity contribution >= 4 is 17.4 Å². The highest BCUT2D eigenvalue weighted by Crippen LogP contribution is 2.40. The van der Waals surface area contributed by atoms with Crippen molar-refractivity contribution in [3.05, 3.63) is 77.5 Å². The fraction of sp³-hybridized carbons (Fsp3) is 0.250. The Labute approximate surface area is 194 Å². The quantitative estimate of drug-likeness (QED) is 0.467. The summed E-state index contributed by atoms with van der Waals surface area (Å²) in [7, 11) is 0. The number of ether oxygens (including phenoxy) is 2. The Balaban J connectivity index is 1.56. The fourth-order valence-electron chi connectivity index (χ4n) is 4.34. The number of rotatable bonds is 1. The molecule has 2 aliphatic rings. The molecule has 34 heavy (non-hydrogen) atoms. The van der Waals surface area contributed by atoms with E-state index in [2.05, 4.69) is 15.4 Å². The van der Waals surface area contributed by atoms with E-state index in [4.69, 9.17) is 14.5 Å². The fourth-order valence-corrected chi connectivity index (χ4v) is 4.34. The number of fused-ring (bicyclic) bond motifs is 1. The van der Waals surface area contributed by atoms with Crippen LogP contribution in [0.4, 0.5) is 10.2 Å². The molecule has 2 aliphatic heterocycles. The van der Waals surface area contributed by atoms with E-state index >= 15 is 0 Å². The van der Waals surface area contributed by atoms with Gasteiger partial charge < -0.3 is 19.7 Å².